The lowest BCUT2D eigenvalue weighted by Gasteiger charge is -2.27. The van der Waals surface area contributed by atoms with Gasteiger partial charge in [0.05, 0.1) is 24.1 Å². The van der Waals surface area contributed by atoms with E-state index in [1.165, 1.54) is 0 Å². The molecule has 4 atom stereocenters. The smallest absolute Gasteiger partial charge is 0.228 e. The van der Waals surface area contributed by atoms with E-state index in [1.807, 2.05) is 50.2 Å². The molecule has 0 aliphatic heterocycles. The van der Waals surface area contributed by atoms with Gasteiger partial charge in [-0.15, -0.1) is 0 Å². The topological polar surface area (TPSA) is 71.1 Å². The van der Waals surface area contributed by atoms with Crippen LogP contribution in [-0.4, -0.2) is 16.8 Å². The Morgan fingerprint density at radius 2 is 1.64 bits per heavy atom. The second-order valence-electron chi connectivity index (χ2n) is 7.79. The first-order valence-electron chi connectivity index (χ1n) is 9.77. The van der Waals surface area contributed by atoms with Gasteiger partial charge in [0, 0.05) is 11.9 Å². The summed E-state index contributed by atoms with van der Waals surface area (Å²) in [5, 5.41) is 6.08. The first kappa shape index (κ1) is 18.4. The minimum absolute atomic E-state index is 0.0627. The van der Waals surface area contributed by atoms with Gasteiger partial charge in [0.25, 0.3) is 0 Å². The Morgan fingerprint density at radius 1 is 0.964 bits per heavy atom. The summed E-state index contributed by atoms with van der Waals surface area (Å²) in [6.07, 6.45) is 6.77. The number of pyridine rings is 1. The Bertz CT molecular complexity index is 902. The van der Waals surface area contributed by atoms with Gasteiger partial charge < -0.3 is 10.6 Å². The molecule has 144 valence electrons. The summed E-state index contributed by atoms with van der Waals surface area (Å²) in [4.78, 5) is 30.4. The van der Waals surface area contributed by atoms with Crippen molar-refractivity contribution in [2.45, 2.75) is 26.8 Å². The number of carbonyl (C=O) groups excluding carboxylic acids is 2. The highest BCUT2D eigenvalue weighted by atomic mass is 16.2. The Hall–Kier alpha value is -2.95. The molecule has 1 saturated carbocycles. The standard InChI is InChI=1S/C23H25N3O2/c1-14-6-5-7-15(2)21(14)26-23(28)20-17-10-9-16(12-17)19(20)22(27)25-13-18-8-3-4-11-24-18/h3-11,16-17,19-20H,12-13H2,1-2H3,(H,25,27)(H,26,28)/t16-,17+,19+,20+/m1/s1. The first-order valence-corrected chi connectivity index (χ1v) is 9.77. The molecule has 5 nitrogen and oxygen atoms in total. The second kappa shape index (κ2) is 7.58. The van der Waals surface area contributed by atoms with Crippen molar-refractivity contribution < 1.29 is 9.59 Å². The summed E-state index contributed by atoms with van der Waals surface area (Å²) < 4.78 is 0. The largest absolute Gasteiger partial charge is 0.350 e. The van der Waals surface area contributed by atoms with E-state index < -0.39 is 0 Å². The molecule has 1 fully saturated rings. The summed E-state index contributed by atoms with van der Waals surface area (Å²) in [5.41, 5.74) is 3.73. The number of para-hydroxylation sites is 1. The van der Waals surface area contributed by atoms with Crippen LogP contribution in [0.5, 0.6) is 0 Å². The van der Waals surface area contributed by atoms with Crippen LogP contribution in [0.3, 0.4) is 0 Å². The number of benzene rings is 1. The van der Waals surface area contributed by atoms with E-state index in [0.29, 0.717) is 6.54 Å². The van der Waals surface area contributed by atoms with Gasteiger partial charge in [0.1, 0.15) is 0 Å². The highest BCUT2D eigenvalue weighted by Gasteiger charge is 2.51. The van der Waals surface area contributed by atoms with Crippen molar-refractivity contribution in [1.82, 2.24) is 10.3 Å². The third kappa shape index (κ3) is 3.44. The molecule has 2 aromatic rings. The number of amides is 2. The fraction of sp³-hybridized carbons (Fsp3) is 0.348. The Morgan fingerprint density at radius 3 is 2.29 bits per heavy atom. The quantitative estimate of drug-likeness (QED) is 0.787. The van der Waals surface area contributed by atoms with Crippen LogP contribution in [0.1, 0.15) is 23.2 Å². The summed E-state index contributed by atoms with van der Waals surface area (Å²) in [7, 11) is 0. The fourth-order valence-corrected chi connectivity index (χ4v) is 4.55. The number of aromatic nitrogens is 1. The molecule has 1 aromatic carbocycles. The highest BCUT2D eigenvalue weighted by molar-refractivity contribution is 5.98. The van der Waals surface area contributed by atoms with Gasteiger partial charge in [-0.2, -0.15) is 0 Å². The van der Waals surface area contributed by atoms with Crippen LogP contribution in [0.25, 0.3) is 0 Å². The van der Waals surface area contributed by atoms with Gasteiger partial charge in [-0.25, -0.2) is 0 Å². The average Bonchev–Trinajstić information content (AvgIpc) is 3.31. The van der Waals surface area contributed by atoms with E-state index >= 15 is 0 Å². The lowest BCUT2D eigenvalue weighted by molar-refractivity contribution is -0.133. The number of nitrogens with zero attached hydrogens (tertiary/aromatic N) is 1. The number of rotatable bonds is 5. The van der Waals surface area contributed by atoms with Crippen molar-refractivity contribution >= 4 is 17.5 Å². The second-order valence-corrected chi connectivity index (χ2v) is 7.79. The zero-order valence-electron chi connectivity index (χ0n) is 16.2. The van der Waals surface area contributed by atoms with Crippen LogP contribution in [0.2, 0.25) is 0 Å². The van der Waals surface area contributed by atoms with Gasteiger partial charge in [0.2, 0.25) is 11.8 Å². The number of anilines is 1. The molecule has 28 heavy (non-hydrogen) atoms. The monoisotopic (exact) mass is 375 g/mol. The van der Waals surface area contributed by atoms with Crippen LogP contribution in [0, 0.1) is 37.5 Å². The number of nitrogens with one attached hydrogen (secondary N) is 2. The molecule has 2 bridgehead atoms. The molecular formula is C23H25N3O2. The molecule has 0 unspecified atom stereocenters. The van der Waals surface area contributed by atoms with Crippen molar-refractivity contribution in [1.29, 1.82) is 0 Å². The van der Waals surface area contributed by atoms with Gasteiger partial charge in [-0.3, -0.25) is 14.6 Å². The SMILES string of the molecule is Cc1cccc(C)c1NC(=O)[C@@H]1[C@@H](C(=O)NCc2ccccn2)[C@@H]2C=C[C@H]1C2. The van der Waals surface area contributed by atoms with Gasteiger partial charge in [0.15, 0.2) is 0 Å². The maximum atomic E-state index is 13.2. The molecular weight excluding hydrogens is 350 g/mol. The first-order chi connectivity index (χ1) is 13.5. The predicted octanol–water partition coefficient (Wildman–Crippen LogP) is 3.39. The van der Waals surface area contributed by atoms with Crippen LogP contribution >= 0.6 is 0 Å². The van der Waals surface area contributed by atoms with Crippen LogP contribution < -0.4 is 10.6 Å². The van der Waals surface area contributed by atoms with E-state index in [1.54, 1.807) is 6.20 Å². The minimum Gasteiger partial charge on any atom is -0.350 e. The summed E-state index contributed by atoms with van der Waals surface area (Å²) in [6.45, 7) is 4.35. The Kier molecular flexibility index (Phi) is 4.99. The fourth-order valence-electron chi connectivity index (χ4n) is 4.55. The van der Waals surface area contributed by atoms with Gasteiger partial charge >= 0.3 is 0 Å². The van der Waals surface area contributed by atoms with E-state index in [9.17, 15) is 9.59 Å². The Balaban J connectivity index is 1.49. The van der Waals surface area contributed by atoms with Crippen molar-refractivity contribution in [3.05, 3.63) is 71.6 Å². The maximum Gasteiger partial charge on any atom is 0.228 e. The lowest BCUT2D eigenvalue weighted by atomic mass is 9.81. The number of carbonyl (C=O) groups is 2. The summed E-state index contributed by atoms with van der Waals surface area (Å²) >= 11 is 0. The number of fused-ring (bicyclic) bond motifs is 2. The average molecular weight is 375 g/mol. The Labute approximate surface area is 165 Å². The van der Waals surface area contributed by atoms with E-state index in [-0.39, 0.29) is 35.5 Å². The van der Waals surface area contributed by atoms with E-state index in [2.05, 4.69) is 27.8 Å². The van der Waals surface area contributed by atoms with Gasteiger partial charge in [-0.1, -0.05) is 36.4 Å². The molecule has 2 amide bonds. The van der Waals surface area contributed by atoms with Crippen LogP contribution in [-0.2, 0) is 16.1 Å². The van der Waals surface area contributed by atoms with Crippen molar-refractivity contribution in [3.63, 3.8) is 0 Å². The number of hydrogen-bond donors (Lipinski definition) is 2. The molecule has 5 heteroatoms. The zero-order chi connectivity index (χ0) is 19.7. The molecule has 2 N–H and O–H groups in total. The highest BCUT2D eigenvalue weighted by Crippen LogP contribution is 2.48. The number of allylic oxidation sites excluding steroid dienone is 2. The molecule has 0 saturated heterocycles. The van der Waals surface area contributed by atoms with E-state index in [0.717, 1.165) is 28.9 Å². The summed E-state index contributed by atoms with van der Waals surface area (Å²) in [6, 6.07) is 11.6. The lowest BCUT2D eigenvalue weighted by Crippen LogP contribution is -2.42. The molecule has 2 aliphatic carbocycles. The third-order valence-corrected chi connectivity index (χ3v) is 5.96. The van der Waals surface area contributed by atoms with Gasteiger partial charge in [-0.05, 0) is 55.4 Å². The molecule has 4 rings (SSSR count). The third-order valence-electron chi connectivity index (χ3n) is 5.96. The van der Waals surface area contributed by atoms with Crippen LogP contribution in [0.4, 0.5) is 5.69 Å². The number of hydrogen-bond acceptors (Lipinski definition) is 3. The van der Waals surface area contributed by atoms with Crippen molar-refractivity contribution in [2.75, 3.05) is 5.32 Å². The minimum atomic E-state index is -0.335. The van der Waals surface area contributed by atoms with E-state index in [4.69, 9.17) is 0 Å². The van der Waals surface area contributed by atoms with Crippen molar-refractivity contribution in [3.8, 4) is 0 Å². The normalized spacial score (nSPS) is 24.9. The maximum absolute atomic E-state index is 13.2. The summed E-state index contributed by atoms with van der Waals surface area (Å²) in [5.74, 6) is -0.542. The zero-order valence-corrected chi connectivity index (χ0v) is 16.2. The predicted molar refractivity (Wildman–Crippen MR) is 108 cm³/mol. The molecule has 0 spiro atoms. The van der Waals surface area contributed by atoms with Crippen LogP contribution in [0.15, 0.2) is 54.7 Å². The molecule has 1 aromatic heterocycles. The molecule has 0 radical (unpaired) electrons. The molecule has 1 heterocycles. The molecule has 2 aliphatic rings. The number of aryl methyl sites for hydroxylation is 2. The van der Waals surface area contributed by atoms with Crippen molar-refractivity contribution in [2.24, 2.45) is 23.7 Å².